The number of hydrogen-bond donors (Lipinski definition) is 0. The van der Waals surface area contributed by atoms with Crippen molar-refractivity contribution in [2.75, 3.05) is 0 Å². The van der Waals surface area contributed by atoms with E-state index < -0.39 is 0 Å². The van der Waals surface area contributed by atoms with E-state index in [0.717, 1.165) is 0 Å². The van der Waals surface area contributed by atoms with Crippen LogP contribution in [-0.2, 0) is 0 Å². The van der Waals surface area contributed by atoms with Crippen molar-refractivity contribution in [1.29, 1.82) is 0 Å². The van der Waals surface area contributed by atoms with Crippen molar-refractivity contribution in [2.24, 2.45) is 0 Å². The van der Waals surface area contributed by atoms with Gasteiger partial charge in [-0.05, 0) is 0 Å². The van der Waals surface area contributed by atoms with Gasteiger partial charge >= 0.3 is 514 Å². The second-order valence-electron chi connectivity index (χ2n) is 0. The molecule has 0 unspecified atom stereocenters. The molecule has 180 valence electrons. The summed E-state index contributed by atoms with van der Waals surface area (Å²) in [5.74, 6) is 0. The topological polar surface area (TPSA) is 630 Å². The van der Waals surface area contributed by atoms with Gasteiger partial charge in [0.25, 0.3) is 0 Å². The van der Waals surface area contributed by atoms with E-state index in [1.54, 1.807) is 0 Å². The summed E-state index contributed by atoms with van der Waals surface area (Å²) in [5.41, 5.74) is 0. The van der Waals surface area contributed by atoms with E-state index in [1.807, 2.05) is 0 Å². The Balaban J connectivity index is 0. The van der Waals surface area contributed by atoms with Crippen LogP contribution < -0.4 is 514 Å². The summed E-state index contributed by atoms with van der Waals surface area (Å²) in [6.07, 6.45) is 0. The molecule has 20 nitrogen and oxygen atoms in total. The van der Waals surface area contributed by atoms with E-state index in [1.165, 1.54) is 0 Å². The van der Waals surface area contributed by atoms with Crippen LogP contribution in [0.1, 0.15) is 14.3 Å². The zero-order valence-corrected chi connectivity index (χ0v) is 51.2. The Morgan fingerprint density at radius 3 is 0.100 bits per heavy atom. The molecular weight excluding hydrogens is 711 g/mol. The monoisotopic (exact) mass is 760 g/mol. The van der Waals surface area contributed by atoms with Crippen molar-refractivity contribution in [3.8, 4) is 0 Å². The molecule has 0 heterocycles. The minimum absolute atomic E-state index is 0. The molecule has 0 spiro atoms. The molecule has 0 saturated heterocycles. The van der Waals surface area contributed by atoms with E-state index in [4.69, 9.17) is 0 Å². The first kappa shape index (κ1) is 374. The summed E-state index contributed by atoms with van der Waals surface area (Å²) in [6.45, 7) is 0. The van der Waals surface area contributed by atoms with Crippen LogP contribution in [0.2, 0.25) is 0 Å². The van der Waals surface area contributed by atoms with Gasteiger partial charge in [-0.1, -0.05) is 0 Å². The first-order valence-corrected chi connectivity index (χ1v) is 0. The van der Waals surface area contributed by atoms with E-state index in [9.17, 15) is 0 Å². The smallest absolute Gasteiger partial charge is 1.00 e. The van der Waals surface area contributed by atoms with Crippen molar-refractivity contribution in [2.45, 2.75) is 0 Å². The van der Waals surface area contributed by atoms with Crippen molar-refractivity contribution in [3.05, 3.63) is 0 Å². The largest absolute Gasteiger partial charge is 1.00 e. The average Bonchev–Trinajstić information content (AvgIpc) is 0. The van der Waals surface area contributed by atoms with E-state index in [-0.39, 0.29) is 638 Å². The van der Waals surface area contributed by atoms with E-state index in [0.29, 0.717) is 0 Å². The summed E-state index contributed by atoms with van der Waals surface area (Å²) >= 11 is 0. The molecule has 40 N–H and O–H groups in total. The van der Waals surface area contributed by atoms with Crippen LogP contribution in [0.4, 0.5) is 0 Å². The molecule has 0 aromatic rings. The summed E-state index contributed by atoms with van der Waals surface area (Å²) < 4.78 is 0. The van der Waals surface area contributed by atoms with Crippen LogP contribution in [0.15, 0.2) is 0 Å². The Hall–Kier alpha value is 15.6. The van der Waals surface area contributed by atoms with Gasteiger partial charge in [0.05, 0.1) is 0 Å². The fourth-order valence-electron chi connectivity index (χ4n) is 0. The standard InChI is InChI=1S/10K.20H2O.10H/h;;;;;;;;;;20*1H2;;;;;;;;;;/q10*+1;;;;;;;;;;;;;;;;;;;;;10*-1. The Bertz CT molecular complexity index is 60.0. The van der Waals surface area contributed by atoms with Crippen LogP contribution >= 0.6 is 0 Å². The maximum atomic E-state index is 0. The third kappa shape index (κ3) is 326. The molecule has 0 aromatic heterocycles. The van der Waals surface area contributed by atoms with Crippen molar-refractivity contribution < 1.29 is 638 Å². The zero-order chi connectivity index (χ0) is 0. The molecule has 0 bridgehead atoms. The molecule has 30 heteroatoms. The predicted molar refractivity (Wildman–Crippen MR) is 83.4 cm³/mol. The van der Waals surface area contributed by atoms with Crippen molar-refractivity contribution in [1.82, 2.24) is 0 Å². The molecule has 0 rings (SSSR count). The molecule has 0 amide bonds. The van der Waals surface area contributed by atoms with E-state index in [2.05, 4.69) is 0 Å². The molecule has 0 radical (unpaired) electrons. The van der Waals surface area contributed by atoms with Gasteiger partial charge in [-0.2, -0.15) is 0 Å². The Morgan fingerprint density at radius 2 is 0.100 bits per heavy atom. The predicted octanol–water partition coefficient (Wildman–Crippen LogP) is -45.3. The number of rotatable bonds is 0. The molecule has 0 atom stereocenters. The van der Waals surface area contributed by atoms with Crippen molar-refractivity contribution in [3.63, 3.8) is 0 Å². The van der Waals surface area contributed by atoms with Crippen molar-refractivity contribution >= 4 is 0 Å². The molecule has 0 fully saturated rings. The molecule has 0 aliphatic carbocycles. The first-order chi connectivity index (χ1) is 0. The molecule has 0 aliphatic rings. The fourth-order valence-corrected chi connectivity index (χ4v) is 0. The summed E-state index contributed by atoms with van der Waals surface area (Å²) in [7, 11) is 0. The minimum atomic E-state index is 0. The van der Waals surface area contributed by atoms with Gasteiger partial charge in [0.2, 0.25) is 0 Å². The fraction of sp³-hybridized carbons (Fsp3) is 0. The maximum Gasteiger partial charge on any atom is 1.00 e. The Labute approximate surface area is 615 Å². The molecule has 0 aromatic carbocycles. The van der Waals surface area contributed by atoms with Gasteiger partial charge in [0, 0.05) is 0 Å². The first-order valence-electron chi connectivity index (χ1n) is 0. The SMILES string of the molecule is O.O.O.O.O.O.O.O.O.O.O.O.O.O.O.O.O.O.O.O.[H-].[H-].[H-].[H-].[H-].[H-].[H-].[H-].[H-].[H-].[K+].[K+].[K+].[K+].[K+].[K+].[K+].[K+].[K+].[K+]. The molecule has 0 aliphatic heterocycles. The van der Waals surface area contributed by atoms with Gasteiger partial charge in [0.15, 0.2) is 0 Å². The van der Waals surface area contributed by atoms with Crippen LogP contribution in [0.3, 0.4) is 0 Å². The van der Waals surface area contributed by atoms with Gasteiger partial charge in [0.1, 0.15) is 0 Å². The van der Waals surface area contributed by atoms with Crippen LogP contribution in [0.25, 0.3) is 0 Å². The maximum absolute atomic E-state index is 0. The van der Waals surface area contributed by atoms with Crippen LogP contribution in [-0.4, -0.2) is 110 Å². The summed E-state index contributed by atoms with van der Waals surface area (Å²) in [4.78, 5) is 0. The van der Waals surface area contributed by atoms with Gasteiger partial charge in [-0.15, -0.1) is 0 Å². The van der Waals surface area contributed by atoms with Crippen LogP contribution in [0, 0.1) is 0 Å². The summed E-state index contributed by atoms with van der Waals surface area (Å²) in [5, 5.41) is 0. The molecule has 30 heavy (non-hydrogen) atoms. The minimum Gasteiger partial charge on any atom is -1.00 e. The molecular formula is H50K10O20. The zero-order valence-electron chi connectivity index (χ0n) is 30.0. The van der Waals surface area contributed by atoms with E-state index >= 15 is 0 Å². The third-order valence-corrected chi connectivity index (χ3v) is 0. The molecule has 0 saturated carbocycles. The van der Waals surface area contributed by atoms with Gasteiger partial charge < -0.3 is 124 Å². The Morgan fingerprint density at radius 1 is 0.100 bits per heavy atom. The normalized spacial score (nSPS) is 0. The second kappa shape index (κ2) is 349. The third-order valence-electron chi connectivity index (χ3n) is 0. The van der Waals surface area contributed by atoms with Gasteiger partial charge in [-0.3, -0.25) is 0 Å². The van der Waals surface area contributed by atoms with Gasteiger partial charge in [-0.25, -0.2) is 0 Å². The number of hydrogen-bond acceptors (Lipinski definition) is 0. The quantitative estimate of drug-likeness (QED) is 0.208. The summed E-state index contributed by atoms with van der Waals surface area (Å²) in [6, 6.07) is 0. The average molecular weight is 761 g/mol. The van der Waals surface area contributed by atoms with Crippen LogP contribution in [0.5, 0.6) is 0 Å². The Kier molecular flexibility index (Phi) is 4350. The second-order valence-corrected chi connectivity index (χ2v) is 0.